The predicted molar refractivity (Wildman–Crippen MR) is 70.1 cm³/mol. The number of pyridine rings is 1. The molecular formula is C13H18N4O. The normalized spacial score (nSPS) is 9.94. The van der Waals surface area contributed by atoms with Crippen molar-refractivity contribution < 1.29 is 4.79 Å². The van der Waals surface area contributed by atoms with Gasteiger partial charge in [-0.1, -0.05) is 0 Å². The molecule has 0 aliphatic heterocycles. The summed E-state index contributed by atoms with van der Waals surface area (Å²) in [5.74, 6) is 0.526. The van der Waals surface area contributed by atoms with Crippen LogP contribution in [-0.4, -0.2) is 23.5 Å². The summed E-state index contributed by atoms with van der Waals surface area (Å²) < 4.78 is 0. The first-order valence-corrected chi connectivity index (χ1v) is 5.93. The number of nitriles is 1. The number of carbonyl (C=O) groups excluding carboxylic acids is 1. The Bertz CT molecular complexity index is 463. The number of aromatic nitrogens is 1. The highest BCUT2D eigenvalue weighted by Gasteiger charge is 2.07. The number of carbonyl (C=O) groups is 1. The minimum Gasteiger partial charge on any atom is -0.368 e. The highest BCUT2D eigenvalue weighted by Crippen LogP contribution is 2.14. The number of hydrogen-bond donors (Lipinski definition) is 2. The summed E-state index contributed by atoms with van der Waals surface area (Å²) in [5, 5.41) is 14.8. The van der Waals surface area contributed by atoms with Crippen LogP contribution in [0.15, 0.2) is 12.3 Å². The molecule has 0 aromatic carbocycles. The summed E-state index contributed by atoms with van der Waals surface area (Å²) in [6, 6.07) is 4.04. The molecule has 0 unspecified atom stereocenters. The number of hydrogen-bond acceptors (Lipinski definition) is 4. The van der Waals surface area contributed by atoms with Gasteiger partial charge in [-0.25, -0.2) is 4.98 Å². The van der Waals surface area contributed by atoms with Crippen molar-refractivity contribution in [2.24, 2.45) is 0 Å². The molecule has 0 fully saturated rings. The first kappa shape index (κ1) is 14.0. The Balaban J connectivity index is 2.52. The molecule has 1 rings (SSSR count). The third kappa shape index (κ3) is 4.06. The van der Waals surface area contributed by atoms with E-state index < -0.39 is 0 Å². The maximum absolute atomic E-state index is 11.4. The van der Waals surface area contributed by atoms with E-state index in [9.17, 15) is 4.79 Å². The van der Waals surface area contributed by atoms with Gasteiger partial charge in [0, 0.05) is 25.2 Å². The molecule has 0 bridgehead atoms. The van der Waals surface area contributed by atoms with E-state index in [-0.39, 0.29) is 11.9 Å². The van der Waals surface area contributed by atoms with Crippen LogP contribution in [0.3, 0.4) is 0 Å². The topological polar surface area (TPSA) is 77.8 Å². The lowest BCUT2D eigenvalue weighted by molar-refractivity contribution is -0.121. The van der Waals surface area contributed by atoms with Gasteiger partial charge in [0.25, 0.3) is 0 Å². The van der Waals surface area contributed by atoms with Gasteiger partial charge in [-0.2, -0.15) is 5.26 Å². The summed E-state index contributed by atoms with van der Waals surface area (Å²) >= 11 is 0. The molecule has 96 valence electrons. The maximum atomic E-state index is 11.4. The second-order valence-electron chi connectivity index (χ2n) is 4.36. The fourth-order valence-electron chi connectivity index (χ4n) is 1.52. The zero-order valence-corrected chi connectivity index (χ0v) is 10.9. The van der Waals surface area contributed by atoms with E-state index in [0.717, 1.165) is 5.56 Å². The Morgan fingerprint density at radius 2 is 2.28 bits per heavy atom. The second kappa shape index (κ2) is 6.60. The fourth-order valence-corrected chi connectivity index (χ4v) is 1.52. The van der Waals surface area contributed by atoms with Crippen molar-refractivity contribution in [2.75, 3.05) is 11.9 Å². The molecule has 0 atom stereocenters. The summed E-state index contributed by atoms with van der Waals surface area (Å²) in [6.45, 7) is 6.16. The monoisotopic (exact) mass is 246 g/mol. The summed E-state index contributed by atoms with van der Waals surface area (Å²) in [4.78, 5) is 15.5. The van der Waals surface area contributed by atoms with Crippen LogP contribution in [-0.2, 0) is 4.79 Å². The highest BCUT2D eigenvalue weighted by molar-refractivity contribution is 5.76. The van der Waals surface area contributed by atoms with Crippen LogP contribution in [0.2, 0.25) is 0 Å². The van der Waals surface area contributed by atoms with Crippen molar-refractivity contribution in [2.45, 2.75) is 33.2 Å². The molecule has 5 heteroatoms. The summed E-state index contributed by atoms with van der Waals surface area (Å²) in [5.41, 5.74) is 1.41. The van der Waals surface area contributed by atoms with Gasteiger partial charge in [0.2, 0.25) is 5.91 Å². The van der Waals surface area contributed by atoms with E-state index in [1.54, 1.807) is 12.3 Å². The van der Waals surface area contributed by atoms with E-state index in [2.05, 4.69) is 21.7 Å². The molecule has 0 radical (unpaired) electrons. The maximum Gasteiger partial charge on any atom is 0.221 e. The van der Waals surface area contributed by atoms with Gasteiger partial charge >= 0.3 is 0 Å². The van der Waals surface area contributed by atoms with Crippen LogP contribution in [0.25, 0.3) is 0 Å². The Kier molecular flexibility index (Phi) is 5.12. The SMILES string of the molecule is Cc1ccnc(NCCC(=O)NC(C)C)c1C#N. The van der Waals surface area contributed by atoms with Gasteiger partial charge in [0.1, 0.15) is 11.9 Å². The number of nitrogens with one attached hydrogen (secondary N) is 2. The average molecular weight is 246 g/mol. The van der Waals surface area contributed by atoms with Crippen LogP contribution in [0.1, 0.15) is 31.4 Å². The van der Waals surface area contributed by atoms with Crippen LogP contribution in [0, 0.1) is 18.3 Å². The van der Waals surface area contributed by atoms with Gasteiger partial charge in [0.05, 0.1) is 5.56 Å². The van der Waals surface area contributed by atoms with E-state index in [4.69, 9.17) is 5.26 Å². The predicted octanol–water partition coefficient (Wildman–Crippen LogP) is 1.59. The Morgan fingerprint density at radius 1 is 1.56 bits per heavy atom. The lowest BCUT2D eigenvalue weighted by Crippen LogP contribution is -2.31. The zero-order chi connectivity index (χ0) is 13.5. The summed E-state index contributed by atoms with van der Waals surface area (Å²) in [6.07, 6.45) is 2.01. The number of aryl methyl sites for hydroxylation is 1. The molecule has 1 aromatic rings. The number of nitrogens with zero attached hydrogens (tertiary/aromatic N) is 2. The van der Waals surface area contributed by atoms with E-state index in [1.807, 2.05) is 20.8 Å². The molecular weight excluding hydrogens is 228 g/mol. The van der Waals surface area contributed by atoms with Gasteiger partial charge in [-0.3, -0.25) is 4.79 Å². The molecule has 1 heterocycles. The Labute approximate surface area is 107 Å². The quantitative estimate of drug-likeness (QED) is 0.827. The standard InChI is InChI=1S/C13H18N4O/c1-9(2)17-12(18)5-7-16-13-11(8-14)10(3)4-6-15-13/h4,6,9H,5,7H2,1-3H3,(H,15,16)(H,17,18). The zero-order valence-electron chi connectivity index (χ0n) is 10.9. The molecule has 0 aliphatic rings. The number of anilines is 1. The number of rotatable bonds is 5. The van der Waals surface area contributed by atoms with Crippen molar-refractivity contribution >= 4 is 11.7 Å². The van der Waals surface area contributed by atoms with E-state index in [1.165, 1.54) is 0 Å². The first-order valence-electron chi connectivity index (χ1n) is 5.93. The molecule has 1 aromatic heterocycles. The lowest BCUT2D eigenvalue weighted by Gasteiger charge is -2.10. The Hall–Kier alpha value is -2.09. The molecule has 0 spiro atoms. The van der Waals surface area contributed by atoms with Gasteiger partial charge in [-0.15, -0.1) is 0 Å². The van der Waals surface area contributed by atoms with Crippen molar-refractivity contribution in [3.8, 4) is 6.07 Å². The smallest absolute Gasteiger partial charge is 0.221 e. The molecule has 1 amide bonds. The number of amides is 1. The largest absolute Gasteiger partial charge is 0.368 e. The van der Waals surface area contributed by atoms with Crippen LogP contribution in [0.5, 0.6) is 0 Å². The third-order valence-corrected chi connectivity index (χ3v) is 2.37. The molecule has 0 saturated heterocycles. The molecule has 0 aliphatic carbocycles. The van der Waals surface area contributed by atoms with Crippen LogP contribution >= 0.6 is 0 Å². The average Bonchev–Trinajstić information content (AvgIpc) is 2.28. The fraction of sp³-hybridized carbons (Fsp3) is 0.462. The van der Waals surface area contributed by atoms with Crippen molar-refractivity contribution in [1.29, 1.82) is 5.26 Å². The van der Waals surface area contributed by atoms with Crippen molar-refractivity contribution in [1.82, 2.24) is 10.3 Å². The minimum atomic E-state index is -0.0105. The molecule has 5 nitrogen and oxygen atoms in total. The Morgan fingerprint density at radius 3 is 2.89 bits per heavy atom. The van der Waals surface area contributed by atoms with Crippen LogP contribution in [0.4, 0.5) is 5.82 Å². The van der Waals surface area contributed by atoms with E-state index >= 15 is 0 Å². The molecule has 2 N–H and O–H groups in total. The van der Waals surface area contributed by atoms with Gasteiger partial charge in [0.15, 0.2) is 0 Å². The van der Waals surface area contributed by atoms with Gasteiger partial charge in [-0.05, 0) is 32.4 Å². The molecule has 18 heavy (non-hydrogen) atoms. The highest BCUT2D eigenvalue weighted by atomic mass is 16.1. The summed E-state index contributed by atoms with van der Waals surface area (Å²) in [7, 11) is 0. The first-order chi connectivity index (χ1) is 8.54. The van der Waals surface area contributed by atoms with Gasteiger partial charge < -0.3 is 10.6 Å². The lowest BCUT2D eigenvalue weighted by atomic mass is 10.1. The minimum absolute atomic E-state index is 0.0105. The molecule has 0 saturated carbocycles. The second-order valence-corrected chi connectivity index (χ2v) is 4.36. The van der Waals surface area contributed by atoms with Crippen molar-refractivity contribution in [3.05, 3.63) is 23.4 Å². The van der Waals surface area contributed by atoms with Crippen LogP contribution < -0.4 is 10.6 Å². The van der Waals surface area contributed by atoms with E-state index in [0.29, 0.717) is 24.3 Å². The third-order valence-electron chi connectivity index (χ3n) is 2.37. The van der Waals surface area contributed by atoms with Crippen molar-refractivity contribution in [3.63, 3.8) is 0 Å².